The zero-order valence-electron chi connectivity index (χ0n) is 8.82. The molecule has 0 unspecified atom stereocenters. The Balaban J connectivity index is 1.73. The van der Waals surface area contributed by atoms with Crippen molar-refractivity contribution in [3.05, 3.63) is 35.9 Å². The molecule has 80 valence electrons. The Bertz CT molecular complexity index is 319. The fourth-order valence-electron chi connectivity index (χ4n) is 1.96. The van der Waals surface area contributed by atoms with Crippen molar-refractivity contribution >= 4 is 5.78 Å². The van der Waals surface area contributed by atoms with E-state index >= 15 is 0 Å². The molecule has 1 saturated carbocycles. The van der Waals surface area contributed by atoms with Gasteiger partial charge in [-0.05, 0) is 18.4 Å². The Labute approximate surface area is 90.3 Å². The number of Topliss-reactive ketones (excluding diaryl/α,β-unsaturated/α-hetero) is 1. The molecule has 15 heavy (non-hydrogen) atoms. The van der Waals surface area contributed by atoms with Crippen molar-refractivity contribution in [2.24, 2.45) is 5.92 Å². The molecule has 1 fully saturated rings. The van der Waals surface area contributed by atoms with Crippen LogP contribution in [0, 0.1) is 5.92 Å². The number of hydrogen-bond donors (Lipinski definition) is 0. The molecule has 1 aliphatic carbocycles. The molecule has 0 saturated heterocycles. The lowest BCUT2D eigenvalue weighted by Gasteiger charge is -2.08. The van der Waals surface area contributed by atoms with Crippen LogP contribution in [0.15, 0.2) is 30.3 Å². The zero-order chi connectivity index (χ0) is 10.5. The van der Waals surface area contributed by atoms with E-state index in [1.165, 1.54) is 5.56 Å². The van der Waals surface area contributed by atoms with Crippen LogP contribution >= 0.6 is 0 Å². The average Bonchev–Trinajstić information content (AvgIpc) is 2.66. The van der Waals surface area contributed by atoms with Crippen molar-refractivity contribution in [3.63, 3.8) is 0 Å². The second-order valence-electron chi connectivity index (χ2n) is 4.06. The van der Waals surface area contributed by atoms with Crippen LogP contribution in [0.4, 0.5) is 0 Å². The van der Waals surface area contributed by atoms with E-state index in [0.29, 0.717) is 19.0 Å². The summed E-state index contributed by atoms with van der Waals surface area (Å²) in [6.45, 7) is 1.21. The van der Waals surface area contributed by atoms with E-state index in [1.54, 1.807) is 0 Å². The summed E-state index contributed by atoms with van der Waals surface area (Å²) < 4.78 is 5.55. The van der Waals surface area contributed by atoms with Gasteiger partial charge in [-0.15, -0.1) is 0 Å². The summed E-state index contributed by atoms with van der Waals surface area (Å²) in [6.07, 6.45) is 2.80. The molecule has 2 nitrogen and oxygen atoms in total. The van der Waals surface area contributed by atoms with Crippen molar-refractivity contribution in [1.82, 2.24) is 0 Å². The van der Waals surface area contributed by atoms with Gasteiger partial charge in [-0.25, -0.2) is 0 Å². The van der Waals surface area contributed by atoms with Gasteiger partial charge in [0, 0.05) is 12.3 Å². The van der Waals surface area contributed by atoms with E-state index in [4.69, 9.17) is 4.74 Å². The van der Waals surface area contributed by atoms with Gasteiger partial charge >= 0.3 is 0 Å². The monoisotopic (exact) mass is 204 g/mol. The Hall–Kier alpha value is -1.15. The second kappa shape index (κ2) is 5.08. The largest absolute Gasteiger partial charge is 0.376 e. The third-order valence-electron chi connectivity index (χ3n) is 2.86. The summed E-state index contributed by atoms with van der Waals surface area (Å²) in [6, 6.07) is 10.1. The zero-order valence-corrected chi connectivity index (χ0v) is 8.82. The predicted octanol–water partition coefficient (Wildman–Crippen LogP) is 2.57. The van der Waals surface area contributed by atoms with Crippen LogP contribution in [-0.4, -0.2) is 12.4 Å². The number of ketones is 1. The molecule has 0 aliphatic heterocycles. The molecule has 0 amide bonds. The number of ether oxygens (including phenoxy) is 1. The summed E-state index contributed by atoms with van der Waals surface area (Å²) in [5.74, 6) is 0.539. The molecule has 1 aliphatic rings. The first-order valence-corrected chi connectivity index (χ1v) is 5.50. The van der Waals surface area contributed by atoms with E-state index < -0.39 is 0 Å². The van der Waals surface area contributed by atoms with Gasteiger partial charge in [0.05, 0.1) is 13.2 Å². The first-order valence-electron chi connectivity index (χ1n) is 5.50. The minimum Gasteiger partial charge on any atom is -0.376 e. The van der Waals surface area contributed by atoms with Gasteiger partial charge in [0.25, 0.3) is 0 Å². The molecule has 0 spiro atoms. The van der Waals surface area contributed by atoms with Crippen LogP contribution in [0.25, 0.3) is 0 Å². The van der Waals surface area contributed by atoms with Crippen LogP contribution in [0.3, 0.4) is 0 Å². The molecular weight excluding hydrogens is 188 g/mol. The van der Waals surface area contributed by atoms with Gasteiger partial charge in [-0.2, -0.15) is 0 Å². The lowest BCUT2D eigenvalue weighted by Crippen LogP contribution is -2.13. The highest BCUT2D eigenvalue weighted by molar-refractivity contribution is 5.82. The fraction of sp³-hybridized carbons (Fsp3) is 0.462. The number of carbonyl (C=O) groups is 1. The molecule has 0 N–H and O–H groups in total. The lowest BCUT2D eigenvalue weighted by molar-refractivity contribution is -0.122. The molecule has 1 atom stereocenters. The van der Waals surface area contributed by atoms with Crippen molar-refractivity contribution in [3.8, 4) is 0 Å². The number of benzene rings is 1. The summed E-state index contributed by atoms with van der Waals surface area (Å²) in [7, 11) is 0. The van der Waals surface area contributed by atoms with Crippen LogP contribution in [-0.2, 0) is 16.1 Å². The van der Waals surface area contributed by atoms with Crippen molar-refractivity contribution in [2.45, 2.75) is 25.9 Å². The number of carbonyl (C=O) groups excluding carboxylic acids is 1. The molecule has 0 radical (unpaired) electrons. The van der Waals surface area contributed by atoms with Crippen LogP contribution in [0.5, 0.6) is 0 Å². The average molecular weight is 204 g/mol. The van der Waals surface area contributed by atoms with Gasteiger partial charge in [-0.1, -0.05) is 30.3 Å². The highest BCUT2D eigenvalue weighted by atomic mass is 16.5. The Kier molecular flexibility index (Phi) is 3.51. The summed E-state index contributed by atoms with van der Waals surface area (Å²) in [5.41, 5.74) is 1.17. The minimum absolute atomic E-state index is 0.161. The van der Waals surface area contributed by atoms with Gasteiger partial charge in [0.15, 0.2) is 0 Å². The highest BCUT2D eigenvalue weighted by Crippen LogP contribution is 2.21. The van der Waals surface area contributed by atoms with E-state index in [1.807, 2.05) is 30.3 Å². The smallest absolute Gasteiger partial charge is 0.138 e. The van der Waals surface area contributed by atoms with Crippen molar-refractivity contribution in [1.29, 1.82) is 0 Å². The fourth-order valence-corrected chi connectivity index (χ4v) is 1.96. The quantitative estimate of drug-likeness (QED) is 0.753. The Morgan fingerprint density at radius 3 is 2.73 bits per heavy atom. The maximum absolute atomic E-state index is 11.3. The summed E-state index contributed by atoms with van der Waals surface area (Å²) in [4.78, 5) is 11.3. The van der Waals surface area contributed by atoms with Gasteiger partial charge < -0.3 is 4.74 Å². The minimum atomic E-state index is 0.161. The van der Waals surface area contributed by atoms with Gasteiger partial charge in [0.1, 0.15) is 5.78 Å². The van der Waals surface area contributed by atoms with E-state index in [9.17, 15) is 4.79 Å². The third kappa shape index (κ3) is 2.90. The van der Waals surface area contributed by atoms with Gasteiger partial charge in [-0.3, -0.25) is 4.79 Å². The number of rotatable bonds is 4. The maximum Gasteiger partial charge on any atom is 0.138 e. The van der Waals surface area contributed by atoms with Crippen molar-refractivity contribution < 1.29 is 9.53 Å². The lowest BCUT2D eigenvalue weighted by atomic mass is 10.1. The first-order chi connectivity index (χ1) is 7.36. The molecule has 1 aromatic rings. The Morgan fingerprint density at radius 2 is 2.07 bits per heavy atom. The molecular formula is C13H16O2. The summed E-state index contributed by atoms with van der Waals surface area (Å²) in [5, 5.41) is 0. The summed E-state index contributed by atoms with van der Waals surface area (Å²) >= 11 is 0. The molecule has 0 aromatic heterocycles. The van der Waals surface area contributed by atoms with Crippen LogP contribution in [0.1, 0.15) is 24.8 Å². The molecule has 0 bridgehead atoms. The van der Waals surface area contributed by atoms with Crippen molar-refractivity contribution in [2.75, 3.05) is 6.61 Å². The second-order valence-corrected chi connectivity index (χ2v) is 4.06. The topological polar surface area (TPSA) is 26.3 Å². The van der Waals surface area contributed by atoms with Crippen LogP contribution < -0.4 is 0 Å². The molecule has 1 aromatic carbocycles. The predicted molar refractivity (Wildman–Crippen MR) is 58.4 cm³/mol. The van der Waals surface area contributed by atoms with Crippen LogP contribution in [0.2, 0.25) is 0 Å². The maximum atomic E-state index is 11.3. The number of hydrogen-bond acceptors (Lipinski definition) is 2. The standard InChI is InChI=1S/C13H16O2/c14-13-8-4-7-12(13)10-15-9-11-5-2-1-3-6-11/h1-3,5-6,12H,4,7-10H2/t12-/m0/s1. The van der Waals surface area contributed by atoms with E-state index in [0.717, 1.165) is 19.3 Å². The van der Waals surface area contributed by atoms with E-state index in [2.05, 4.69) is 0 Å². The Morgan fingerprint density at radius 1 is 1.27 bits per heavy atom. The third-order valence-corrected chi connectivity index (χ3v) is 2.86. The van der Waals surface area contributed by atoms with E-state index in [-0.39, 0.29) is 5.92 Å². The highest BCUT2D eigenvalue weighted by Gasteiger charge is 2.24. The SMILES string of the molecule is O=C1CCC[C@H]1COCc1ccccc1. The van der Waals surface area contributed by atoms with Gasteiger partial charge in [0.2, 0.25) is 0 Å². The molecule has 2 heteroatoms. The molecule has 0 heterocycles. The first kappa shape index (κ1) is 10.4. The normalized spacial score (nSPS) is 20.8. The molecule has 2 rings (SSSR count).